The summed E-state index contributed by atoms with van der Waals surface area (Å²) in [5.74, 6) is 1.29. The monoisotopic (exact) mass is 467 g/mol. The van der Waals surface area contributed by atoms with E-state index in [0.717, 1.165) is 11.3 Å². The summed E-state index contributed by atoms with van der Waals surface area (Å²) in [6.07, 6.45) is 0. The number of aromatic amines is 1. The van der Waals surface area contributed by atoms with Crippen molar-refractivity contribution in [3.63, 3.8) is 0 Å². The van der Waals surface area contributed by atoms with Crippen LogP contribution in [0.2, 0.25) is 10.0 Å². The van der Waals surface area contributed by atoms with Crippen molar-refractivity contribution in [1.82, 2.24) is 9.97 Å². The van der Waals surface area contributed by atoms with Crippen LogP contribution < -0.4 is 0 Å². The maximum atomic E-state index is 10.1. The first-order valence-electron chi connectivity index (χ1n) is 9.78. The molecule has 0 saturated carbocycles. The summed E-state index contributed by atoms with van der Waals surface area (Å²) >= 11 is 15.1. The number of fused-ring (bicyclic) bond motifs is 1. The van der Waals surface area contributed by atoms with Crippen LogP contribution in [0, 0.1) is 11.3 Å². The molecule has 4 nitrogen and oxygen atoms in total. The molecule has 1 unspecified atom stereocenters. The normalized spacial score (nSPS) is 12.1. The molecule has 4 aromatic rings. The molecule has 1 heterocycles. The second-order valence-corrected chi connectivity index (χ2v) is 9.08. The van der Waals surface area contributed by atoms with Gasteiger partial charge in [0.1, 0.15) is 11.3 Å². The van der Waals surface area contributed by atoms with Gasteiger partial charge in [-0.15, -0.1) is 11.8 Å². The molecule has 1 atom stereocenters. The minimum atomic E-state index is -0.322. The molecular formula is C24H19Cl2N3OS. The summed E-state index contributed by atoms with van der Waals surface area (Å²) in [6, 6.07) is 19.2. The minimum Gasteiger partial charge on any atom is -0.395 e. The van der Waals surface area contributed by atoms with E-state index in [1.165, 1.54) is 4.90 Å². The van der Waals surface area contributed by atoms with Gasteiger partial charge in [0, 0.05) is 16.0 Å². The lowest BCUT2D eigenvalue weighted by Gasteiger charge is -2.12. The topological polar surface area (TPSA) is 72.7 Å². The van der Waals surface area contributed by atoms with Crippen molar-refractivity contribution in [2.45, 2.75) is 17.7 Å². The lowest BCUT2D eigenvalue weighted by Crippen LogP contribution is -2.07. The molecule has 0 saturated heterocycles. The van der Waals surface area contributed by atoms with Gasteiger partial charge in [-0.25, -0.2) is 4.98 Å². The predicted molar refractivity (Wildman–Crippen MR) is 128 cm³/mol. The Kier molecular flexibility index (Phi) is 6.54. The number of rotatable bonds is 6. The Morgan fingerprint density at radius 2 is 1.90 bits per heavy atom. The number of hydrogen-bond donors (Lipinski definition) is 2. The number of halogens is 2. The fourth-order valence-corrected chi connectivity index (χ4v) is 4.99. The number of aliphatic hydroxyl groups is 1. The maximum absolute atomic E-state index is 10.1. The molecule has 0 radical (unpaired) electrons. The first-order chi connectivity index (χ1) is 15.1. The first kappa shape index (κ1) is 21.7. The summed E-state index contributed by atoms with van der Waals surface area (Å²) in [5, 5.41) is 20.4. The lowest BCUT2D eigenvalue weighted by atomic mass is 9.99. The molecule has 0 spiro atoms. The van der Waals surface area contributed by atoms with E-state index in [-0.39, 0.29) is 12.5 Å². The average molecular weight is 468 g/mol. The van der Waals surface area contributed by atoms with Gasteiger partial charge in [-0.05, 0) is 35.6 Å². The van der Waals surface area contributed by atoms with Gasteiger partial charge in [-0.1, -0.05) is 60.5 Å². The fourth-order valence-electron chi connectivity index (χ4n) is 3.62. The quantitative estimate of drug-likeness (QED) is 0.311. The maximum Gasteiger partial charge on any atom is 0.117 e. The Morgan fingerprint density at radius 1 is 1.16 bits per heavy atom. The van der Waals surface area contributed by atoms with Crippen LogP contribution in [0.4, 0.5) is 0 Å². The number of hydrogen-bond acceptors (Lipinski definition) is 4. The van der Waals surface area contributed by atoms with Crippen molar-refractivity contribution in [3.05, 3.63) is 81.6 Å². The van der Waals surface area contributed by atoms with Crippen molar-refractivity contribution >= 4 is 46.0 Å². The molecule has 1 aromatic heterocycles. The molecule has 2 N–H and O–H groups in total. The molecule has 0 bridgehead atoms. The zero-order valence-electron chi connectivity index (χ0n) is 16.7. The number of thioether (sulfide) groups is 1. The number of aromatic nitrogens is 2. The van der Waals surface area contributed by atoms with Gasteiger partial charge in [0.25, 0.3) is 0 Å². The molecular weight excluding hydrogens is 449 g/mol. The average Bonchev–Trinajstić information content (AvgIpc) is 3.20. The van der Waals surface area contributed by atoms with Crippen LogP contribution in [0.25, 0.3) is 22.2 Å². The summed E-state index contributed by atoms with van der Waals surface area (Å²) in [7, 11) is 0. The van der Waals surface area contributed by atoms with Crippen molar-refractivity contribution in [1.29, 1.82) is 5.26 Å². The summed E-state index contributed by atoms with van der Waals surface area (Å²) in [4.78, 5) is 9.15. The predicted octanol–water partition coefficient (Wildman–Crippen LogP) is 6.64. The second-order valence-electron chi connectivity index (χ2n) is 6.96. The minimum absolute atomic E-state index is 0.102. The third-order valence-corrected chi connectivity index (χ3v) is 6.67. The summed E-state index contributed by atoms with van der Waals surface area (Å²) in [6.45, 7) is 2.01. The highest BCUT2D eigenvalue weighted by atomic mass is 35.5. The highest BCUT2D eigenvalue weighted by Crippen LogP contribution is 2.41. The van der Waals surface area contributed by atoms with E-state index in [9.17, 15) is 10.4 Å². The molecule has 3 aromatic carbocycles. The van der Waals surface area contributed by atoms with E-state index in [2.05, 4.69) is 30.1 Å². The number of nitriles is 1. The van der Waals surface area contributed by atoms with E-state index in [1.54, 1.807) is 30.0 Å². The van der Waals surface area contributed by atoms with Crippen molar-refractivity contribution < 1.29 is 5.11 Å². The Hall–Kier alpha value is -2.49. The molecule has 31 heavy (non-hydrogen) atoms. The number of aliphatic hydroxyl groups excluding tert-OH is 1. The zero-order chi connectivity index (χ0) is 22.0. The van der Waals surface area contributed by atoms with Crippen LogP contribution in [0.1, 0.15) is 29.8 Å². The molecule has 7 heteroatoms. The Labute approximate surface area is 194 Å². The molecule has 4 rings (SSSR count). The van der Waals surface area contributed by atoms with Gasteiger partial charge in [0.15, 0.2) is 0 Å². The van der Waals surface area contributed by atoms with Crippen LogP contribution in [0.3, 0.4) is 0 Å². The van der Waals surface area contributed by atoms with Gasteiger partial charge in [-0.2, -0.15) is 5.26 Å². The number of H-pyrrole nitrogens is 1. The second kappa shape index (κ2) is 9.33. The van der Waals surface area contributed by atoms with E-state index in [4.69, 9.17) is 28.2 Å². The van der Waals surface area contributed by atoms with Crippen LogP contribution in [-0.4, -0.2) is 27.4 Å². The van der Waals surface area contributed by atoms with Crippen LogP contribution >= 0.6 is 35.0 Å². The van der Waals surface area contributed by atoms with E-state index in [1.807, 2.05) is 24.3 Å². The summed E-state index contributed by atoms with van der Waals surface area (Å²) < 4.78 is 0. The first-order valence-corrected chi connectivity index (χ1v) is 11.5. The van der Waals surface area contributed by atoms with Gasteiger partial charge in [0.2, 0.25) is 0 Å². The molecule has 0 aliphatic carbocycles. The Bertz CT molecular complexity index is 1280. The van der Waals surface area contributed by atoms with E-state index >= 15 is 0 Å². The van der Waals surface area contributed by atoms with Gasteiger partial charge < -0.3 is 10.1 Å². The lowest BCUT2D eigenvalue weighted by molar-refractivity contribution is 0.277. The van der Waals surface area contributed by atoms with Crippen LogP contribution in [0.15, 0.2) is 59.5 Å². The number of nitrogens with zero attached hydrogens (tertiary/aromatic N) is 2. The number of imidazole rings is 1. The molecule has 0 amide bonds. The SMILES string of the molecule is CCSc1ccc(C(CO)c2nc3c(Cl)c(-c4ccccc4C#N)c(Cl)cc3[nH]2)cc1. The molecule has 0 fully saturated rings. The third-order valence-electron chi connectivity index (χ3n) is 5.11. The summed E-state index contributed by atoms with van der Waals surface area (Å²) in [5.41, 5.74) is 3.92. The van der Waals surface area contributed by atoms with Gasteiger partial charge in [0.05, 0.1) is 39.7 Å². The number of benzene rings is 3. The van der Waals surface area contributed by atoms with Crippen LogP contribution in [0.5, 0.6) is 0 Å². The van der Waals surface area contributed by atoms with E-state index in [0.29, 0.717) is 43.6 Å². The smallest absolute Gasteiger partial charge is 0.117 e. The Balaban J connectivity index is 1.81. The number of nitrogens with one attached hydrogen (secondary N) is 1. The molecule has 0 aliphatic heterocycles. The molecule has 156 valence electrons. The van der Waals surface area contributed by atoms with Gasteiger partial charge >= 0.3 is 0 Å². The molecule has 0 aliphatic rings. The van der Waals surface area contributed by atoms with Crippen molar-refractivity contribution in [3.8, 4) is 17.2 Å². The fraction of sp³-hybridized carbons (Fsp3) is 0.167. The third kappa shape index (κ3) is 4.17. The largest absolute Gasteiger partial charge is 0.395 e. The van der Waals surface area contributed by atoms with E-state index < -0.39 is 0 Å². The highest BCUT2D eigenvalue weighted by Gasteiger charge is 2.22. The van der Waals surface area contributed by atoms with Crippen LogP contribution in [-0.2, 0) is 0 Å². The standard InChI is InChI=1S/C24H19Cl2N3OS/c1-2-31-16-9-7-14(8-10-16)18(13-30)24-28-20-11-19(25)21(22(26)23(20)29-24)17-6-4-3-5-15(17)12-27/h3-11,18,30H,2,13H2,1H3,(H,28,29). The van der Waals surface area contributed by atoms with Crippen molar-refractivity contribution in [2.24, 2.45) is 0 Å². The zero-order valence-corrected chi connectivity index (χ0v) is 19.0. The van der Waals surface area contributed by atoms with Gasteiger partial charge in [-0.3, -0.25) is 0 Å². The van der Waals surface area contributed by atoms with Crippen molar-refractivity contribution in [2.75, 3.05) is 12.4 Å². The highest BCUT2D eigenvalue weighted by molar-refractivity contribution is 7.99. The Morgan fingerprint density at radius 3 is 2.58 bits per heavy atom.